The van der Waals surface area contributed by atoms with Gasteiger partial charge in [0.2, 0.25) is 0 Å². The zero-order valence-electron chi connectivity index (χ0n) is 8.68. The van der Waals surface area contributed by atoms with Gasteiger partial charge in [0.15, 0.2) is 0 Å². The molecule has 0 fully saturated rings. The lowest BCUT2D eigenvalue weighted by Crippen LogP contribution is -2.08. The molecule has 78 valence electrons. The molecule has 0 radical (unpaired) electrons. The zero-order valence-corrected chi connectivity index (χ0v) is 11.7. The number of hydrogen-bond acceptors (Lipinski definition) is 3. The van der Waals surface area contributed by atoms with Crippen LogP contribution in [-0.4, -0.2) is 13.1 Å². The lowest BCUT2D eigenvalue weighted by Gasteiger charge is -2.15. The summed E-state index contributed by atoms with van der Waals surface area (Å²) in [5, 5.41) is 0. The molecule has 0 aliphatic carbocycles. The number of hydrogen-bond donors (Lipinski definition) is 0. The number of rotatable bonds is 1. The Balaban J connectivity index is 3.12. The van der Waals surface area contributed by atoms with Crippen molar-refractivity contribution < 1.29 is 9.53 Å². The maximum Gasteiger partial charge on any atom is 0.349 e. The van der Waals surface area contributed by atoms with Gasteiger partial charge in [-0.3, -0.25) is 0 Å². The van der Waals surface area contributed by atoms with Crippen molar-refractivity contribution in [3.05, 3.63) is 19.4 Å². The van der Waals surface area contributed by atoms with E-state index in [4.69, 9.17) is 4.74 Å². The van der Waals surface area contributed by atoms with Crippen LogP contribution in [0, 0.1) is 3.57 Å². The second kappa shape index (κ2) is 4.18. The van der Waals surface area contributed by atoms with Crippen molar-refractivity contribution in [2.45, 2.75) is 26.2 Å². The monoisotopic (exact) mass is 324 g/mol. The number of methoxy groups -OCH3 is 1. The molecular weight excluding hydrogens is 311 g/mol. The first-order chi connectivity index (χ1) is 6.36. The smallest absolute Gasteiger partial charge is 0.349 e. The first-order valence-electron chi connectivity index (χ1n) is 4.24. The third-order valence-corrected chi connectivity index (χ3v) is 4.55. The average molecular weight is 324 g/mol. The summed E-state index contributed by atoms with van der Waals surface area (Å²) in [7, 11) is 1.41. The number of carbonyl (C=O) groups is 1. The number of halogens is 1. The Hall–Kier alpha value is -0.100. The molecule has 0 saturated heterocycles. The fourth-order valence-electron chi connectivity index (χ4n) is 0.970. The molecular formula is C10H13IO2S. The summed E-state index contributed by atoms with van der Waals surface area (Å²) in [6.07, 6.45) is 0. The van der Waals surface area contributed by atoms with Crippen LogP contribution in [0.1, 0.15) is 35.3 Å². The number of thiophene rings is 1. The molecule has 14 heavy (non-hydrogen) atoms. The predicted octanol–water partition coefficient (Wildman–Crippen LogP) is 3.44. The van der Waals surface area contributed by atoms with Gasteiger partial charge in [0.1, 0.15) is 4.88 Å². The molecule has 1 aromatic rings. The van der Waals surface area contributed by atoms with Crippen LogP contribution in [0.25, 0.3) is 0 Å². The SMILES string of the molecule is COC(=O)c1sc(C(C)(C)C)cc1I. The molecule has 0 aromatic carbocycles. The Morgan fingerprint density at radius 1 is 1.50 bits per heavy atom. The maximum absolute atomic E-state index is 11.4. The van der Waals surface area contributed by atoms with Gasteiger partial charge in [0.05, 0.1) is 7.11 Å². The normalized spacial score (nSPS) is 11.5. The Bertz CT molecular complexity index is 349. The highest BCUT2D eigenvalue weighted by Crippen LogP contribution is 2.33. The third-order valence-electron chi connectivity index (χ3n) is 1.80. The van der Waals surface area contributed by atoms with Crippen molar-refractivity contribution in [2.75, 3.05) is 7.11 Å². The Labute approximate surface area is 102 Å². The summed E-state index contributed by atoms with van der Waals surface area (Å²) in [6.45, 7) is 6.40. The molecule has 0 aliphatic rings. The predicted molar refractivity (Wildman–Crippen MR) is 67.1 cm³/mol. The molecule has 0 unspecified atom stereocenters. The van der Waals surface area contributed by atoms with Crippen LogP contribution < -0.4 is 0 Å². The Morgan fingerprint density at radius 3 is 2.43 bits per heavy atom. The second-order valence-corrected chi connectivity index (χ2v) is 6.24. The van der Waals surface area contributed by atoms with Crippen LogP contribution in [-0.2, 0) is 10.2 Å². The van der Waals surface area contributed by atoms with Crippen molar-refractivity contribution >= 4 is 39.9 Å². The van der Waals surface area contributed by atoms with Gasteiger partial charge in [-0.1, -0.05) is 20.8 Å². The van der Waals surface area contributed by atoms with Gasteiger partial charge in [-0.05, 0) is 34.1 Å². The van der Waals surface area contributed by atoms with Crippen LogP contribution in [0.3, 0.4) is 0 Å². The Morgan fingerprint density at radius 2 is 2.07 bits per heavy atom. The fraction of sp³-hybridized carbons (Fsp3) is 0.500. The number of ether oxygens (including phenoxy) is 1. The standard InChI is InChI=1S/C10H13IO2S/c1-10(2,3)7-5-6(11)8(14-7)9(12)13-4/h5H,1-4H3. The van der Waals surface area contributed by atoms with E-state index in [-0.39, 0.29) is 11.4 Å². The third kappa shape index (κ3) is 2.48. The maximum atomic E-state index is 11.4. The summed E-state index contributed by atoms with van der Waals surface area (Å²) in [4.78, 5) is 13.3. The van der Waals surface area contributed by atoms with E-state index >= 15 is 0 Å². The molecule has 1 aromatic heterocycles. The van der Waals surface area contributed by atoms with E-state index in [1.54, 1.807) is 0 Å². The highest BCUT2D eigenvalue weighted by molar-refractivity contribution is 14.1. The first-order valence-corrected chi connectivity index (χ1v) is 6.14. The highest BCUT2D eigenvalue weighted by atomic mass is 127. The van der Waals surface area contributed by atoms with Gasteiger partial charge in [-0.15, -0.1) is 11.3 Å². The molecule has 0 spiro atoms. The molecule has 4 heteroatoms. The highest BCUT2D eigenvalue weighted by Gasteiger charge is 2.21. The molecule has 0 atom stereocenters. The minimum Gasteiger partial charge on any atom is -0.465 e. The quantitative estimate of drug-likeness (QED) is 0.584. The van der Waals surface area contributed by atoms with Crippen LogP contribution in [0.15, 0.2) is 6.07 Å². The van der Waals surface area contributed by atoms with Crippen molar-refractivity contribution in [1.29, 1.82) is 0 Å². The largest absolute Gasteiger partial charge is 0.465 e. The van der Waals surface area contributed by atoms with E-state index in [9.17, 15) is 4.79 Å². The molecule has 0 N–H and O–H groups in total. The average Bonchev–Trinajstić information content (AvgIpc) is 2.45. The van der Waals surface area contributed by atoms with E-state index in [2.05, 4.69) is 49.4 Å². The summed E-state index contributed by atoms with van der Waals surface area (Å²) in [5.41, 5.74) is 0.0941. The molecule has 1 heterocycles. The lowest BCUT2D eigenvalue weighted by atomic mass is 9.95. The van der Waals surface area contributed by atoms with E-state index in [1.165, 1.54) is 23.3 Å². The van der Waals surface area contributed by atoms with E-state index < -0.39 is 0 Å². The summed E-state index contributed by atoms with van der Waals surface area (Å²) >= 11 is 3.69. The summed E-state index contributed by atoms with van der Waals surface area (Å²) in [6, 6.07) is 2.05. The van der Waals surface area contributed by atoms with E-state index in [0.29, 0.717) is 4.88 Å². The van der Waals surface area contributed by atoms with Crippen LogP contribution in [0.5, 0.6) is 0 Å². The number of esters is 1. The minimum absolute atomic E-state index is 0.0941. The molecule has 2 nitrogen and oxygen atoms in total. The van der Waals surface area contributed by atoms with Crippen LogP contribution in [0.2, 0.25) is 0 Å². The fourth-order valence-corrected chi connectivity index (χ4v) is 3.07. The van der Waals surface area contributed by atoms with E-state index in [1.807, 2.05) is 0 Å². The van der Waals surface area contributed by atoms with Gasteiger partial charge in [0, 0.05) is 8.45 Å². The van der Waals surface area contributed by atoms with Gasteiger partial charge >= 0.3 is 5.97 Å². The zero-order chi connectivity index (χ0) is 10.9. The number of carbonyl (C=O) groups excluding carboxylic acids is 1. The topological polar surface area (TPSA) is 26.3 Å². The summed E-state index contributed by atoms with van der Waals surface area (Å²) in [5.74, 6) is -0.241. The van der Waals surface area contributed by atoms with Crippen LogP contribution in [0.4, 0.5) is 0 Å². The molecule has 0 bridgehead atoms. The van der Waals surface area contributed by atoms with E-state index in [0.717, 1.165) is 3.57 Å². The minimum atomic E-state index is -0.241. The van der Waals surface area contributed by atoms with Gasteiger partial charge < -0.3 is 4.74 Å². The van der Waals surface area contributed by atoms with Gasteiger partial charge in [0.25, 0.3) is 0 Å². The molecule has 0 amide bonds. The van der Waals surface area contributed by atoms with Gasteiger partial charge in [-0.25, -0.2) is 4.79 Å². The molecule has 1 rings (SSSR count). The van der Waals surface area contributed by atoms with Crippen molar-refractivity contribution in [3.63, 3.8) is 0 Å². The van der Waals surface area contributed by atoms with Crippen molar-refractivity contribution in [3.8, 4) is 0 Å². The van der Waals surface area contributed by atoms with Crippen molar-refractivity contribution in [2.24, 2.45) is 0 Å². The van der Waals surface area contributed by atoms with Gasteiger partial charge in [-0.2, -0.15) is 0 Å². The van der Waals surface area contributed by atoms with Crippen LogP contribution >= 0.6 is 33.9 Å². The Kier molecular flexibility index (Phi) is 3.58. The van der Waals surface area contributed by atoms with Crippen molar-refractivity contribution in [1.82, 2.24) is 0 Å². The molecule has 0 saturated carbocycles. The lowest BCUT2D eigenvalue weighted by molar-refractivity contribution is 0.0605. The first kappa shape index (κ1) is 12.0. The second-order valence-electron chi connectivity index (χ2n) is 4.03. The summed E-state index contributed by atoms with van der Waals surface area (Å²) < 4.78 is 5.69. The molecule has 0 aliphatic heterocycles.